The first-order chi connectivity index (χ1) is 13.9. The van der Waals surface area contributed by atoms with E-state index in [2.05, 4.69) is 32.6 Å². The molecule has 1 aromatic carbocycles. The number of pyridine rings is 1. The van der Waals surface area contributed by atoms with Crippen molar-refractivity contribution in [2.45, 2.75) is 41.2 Å². The molecule has 0 fully saturated rings. The molecule has 0 aliphatic heterocycles. The molecule has 0 radical (unpaired) electrons. The van der Waals surface area contributed by atoms with Gasteiger partial charge in [0.15, 0.2) is 0 Å². The van der Waals surface area contributed by atoms with Crippen molar-refractivity contribution in [2.75, 3.05) is 19.7 Å². The molecule has 0 aliphatic rings. The number of hydrogen-bond acceptors (Lipinski definition) is 5. The number of nitrogens with zero attached hydrogens (tertiary/aromatic N) is 2. The Morgan fingerprint density at radius 1 is 1.14 bits per heavy atom. The topological polar surface area (TPSA) is 42.4 Å². The van der Waals surface area contributed by atoms with Gasteiger partial charge in [-0.15, -0.1) is 11.3 Å². The Kier molecular flexibility index (Phi) is 6.93. The fourth-order valence-electron chi connectivity index (χ4n) is 3.53. The van der Waals surface area contributed by atoms with Crippen LogP contribution in [0.2, 0.25) is 5.02 Å². The fourth-order valence-corrected chi connectivity index (χ4v) is 4.72. The summed E-state index contributed by atoms with van der Waals surface area (Å²) in [7, 11) is 0. The fraction of sp³-hybridized carbons (Fsp3) is 0.391. The number of aryl methyl sites for hydroxylation is 2. The highest BCUT2D eigenvalue weighted by atomic mass is 35.5. The van der Waals surface area contributed by atoms with E-state index in [-0.39, 0.29) is 5.97 Å². The van der Waals surface area contributed by atoms with E-state index in [1.807, 2.05) is 31.2 Å². The Hall–Kier alpha value is -1.95. The van der Waals surface area contributed by atoms with Crippen LogP contribution in [0.5, 0.6) is 0 Å². The van der Waals surface area contributed by atoms with Crippen LogP contribution in [0.4, 0.5) is 0 Å². The summed E-state index contributed by atoms with van der Waals surface area (Å²) in [5.41, 5.74) is 4.34. The summed E-state index contributed by atoms with van der Waals surface area (Å²) in [6.45, 7) is 13.0. The van der Waals surface area contributed by atoms with Crippen molar-refractivity contribution in [1.82, 2.24) is 9.88 Å². The van der Waals surface area contributed by atoms with E-state index < -0.39 is 0 Å². The van der Waals surface area contributed by atoms with Gasteiger partial charge in [0, 0.05) is 27.4 Å². The summed E-state index contributed by atoms with van der Waals surface area (Å²) in [5, 5.41) is 1.69. The van der Waals surface area contributed by atoms with Gasteiger partial charge in [-0.25, -0.2) is 9.78 Å². The zero-order valence-electron chi connectivity index (χ0n) is 17.6. The smallest absolute Gasteiger partial charge is 0.340 e. The molecule has 3 aromatic rings. The molecule has 2 heterocycles. The predicted molar refractivity (Wildman–Crippen MR) is 122 cm³/mol. The third-order valence-corrected chi connectivity index (χ3v) is 6.63. The van der Waals surface area contributed by atoms with Gasteiger partial charge in [0.2, 0.25) is 0 Å². The first-order valence-corrected chi connectivity index (χ1v) is 11.2. The maximum atomic E-state index is 13.1. The number of carbonyl (C=O) groups is 1. The second-order valence-corrected chi connectivity index (χ2v) is 8.60. The molecule has 0 atom stereocenters. The highest BCUT2D eigenvalue weighted by molar-refractivity contribution is 7.18. The first-order valence-electron chi connectivity index (χ1n) is 9.99. The van der Waals surface area contributed by atoms with Crippen LogP contribution in [0.3, 0.4) is 0 Å². The largest absolute Gasteiger partial charge is 0.462 e. The second kappa shape index (κ2) is 9.24. The van der Waals surface area contributed by atoms with Crippen LogP contribution in [0.15, 0.2) is 24.3 Å². The van der Waals surface area contributed by atoms with Crippen molar-refractivity contribution in [3.05, 3.63) is 51.0 Å². The monoisotopic (exact) mass is 430 g/mol. The summed E-state index contributed by atoms with van der Waals surface area (Å²) in [6.07, 6.45) is 0. The third-order valence-electron chi connectivity index (χ3n) is 5.27. The molecular formula is C23H27ClN2O2S. The number of aromatic nitrogens is 1. The van der Waals surface area contributed by atoms with Crippen molar-refractivity contribution in [3.8, 4) is 11.1 Å². The zero-order chi connectivity index (χ0) is 21.1. The summed E-state index contributed by atoms with van der Waals surface area (Å²) < 4.78 is 5.48. The molecule has 0 unspecified atom stereocenters. The average molecular weight is 431 g/mol. The van der Waals surface area contributed by atoms with Gasteiger partial charge in [-0.05, 0) is 57.1 Å². The van der Waals surface area contributed by atoms with Crippen LogP contribution in [0, 0.1) is 13.8 Å². The maximum absolute atomic E-state index is 13.1. The molecule has 0 N–H and O–H groups in total. The Labute approximate surface area is 181 Å². The number of esters is 1. The van der Waals surface area contributed by atoms with Gasteiger partial charge < -0.3 is 4.74 Å². The van der Waals surface area contributed by atoms with E-state index >= 15 is 0 Å². The lowest BCUT2D eigenvalue weighted by atomic mass is 9.93. The molecule has 6 heteroatoms. The molecule has 29 heavy (non-hydrogen) atoms. The molecule has 3 rings (SSSR count). The highest BCUT2D eigenvalue weighted by Gasteiger charge is 2.26. The van der Waals surface area contributed by atoms with Crippen molar-refractivity contribution >= 4 is 39.1 Å². The number of fused-ring (bicyclic) bond motifs is 1. The van der Waals surface area contributed by atoms with Crippen LogP contribution < -0.4 is 0 Å². The number of rotatable bonds is 7. The van der Waals surface area contributed by atoms with E-state index in [4.69, 9.17) is 21.3 Å². The SMILES string of the molecule is CCOC(=O)c1c(CN(CC)CC)nc2sc(C)c(C)c2c1-c1ccc(Cl)cc1. The standard InChI is InChI=1S/C23H27ClN2O2S/c1-6-26(7-2)13-18-21(23(27)28-8-3)20(16-9-11-17(24)12-10-16)19-14(4)15(5)29-22(19)25-18/h9-12H,6-8,13H2,1-5H3. The van der Waals surface area contributed by atoms with E-state index in [1.165, 1.54) is 4.88 Å². The van der Waals surface area contributed by atoms with Gasteiger partial charge in [0.1, 0.15) is 4.83 Å². The Morgan fingerprint density at radius 3 is 2.38 bits per heavy atom. The predicted octanol–water partition coefficient (Wildman–Crippen LogP) is 6.25. The lowest BCUT2D eigenvalue weighted by Crippen LogP contribution is -2.25. The first kappa shape index (κ1) is 21.8. The maximum Gasteiger partial charge on any atom is 0.340 e. The van der Waals surface area contributed by atoms with Crippen LogP contribution >= 0.6 is 22.9 Å². The van der Waals surface area contributed by atoms with Crippen molar-refractivity contribution in [2.24, 2.45) is 0 Å². The average Bonchev–Trinajstić information content (AvgIpc) is 2.99. The van der Waals surface area contributed by atoms with Crippen molar-refractivity contribution in [1.29, 1.82) is 0 Å². The molecule has 0 amide bonds. The molecule has 154 valence electrons. The molecule has 0 saturated heterocycles. The number of carbonyl (C=O) groups excluding carboxylic acids is 1. The molecule has 2 aromatic heterocycles. The minimum atomic E-state index is -0.322. The lowest BCUT2D eigenvalue weighted by Gasteiger charge is -2.21. The summed E-state index contributed by atoms with van der Waals surface area (Å²) in [5.74, 6) is -0.322. The molecular weight excluding hydrogens is 404 g/mol. The molecule has 0 saturated carbocycles. The van der Waals surface area contributed by atoms with Crippen LogP contribution in [-0.2, 0) is 11.3 Å². The van der Waals surface area contributed by atoms with Gasteiger partial charge in [0.05, 0.1) is 17.9 Å². The van der Waals surface area contributed by atoms with Crippen LogP contribution in [0.25, 0.3) is 21.3 Å². The zero-order valence-corrected chi connectivity index (χ0v) is 19.2. The van der Waals surface area contributed by atoms with Gasteiger partial charge in [0.25, 0.3) is 0 Å². The van der Waals surface area contributed by atoms with E-state index in [1.54, 1.807) is 11.3 Å². The van der Waals surface area contributed by atoms with Gasteiger partial charge in [-0.3, -0.25) is 4.90 Å². The molecule has 0 aliphatic carbocycles. The van der Waals surface area contributed by atoms with Gasteiger partial charge in [-0.2, -0.15) is 0 Å². The van der Waals surface area contributed by atoms with Gasteiger partial charge >= 0.3 is 5.97 Å². The second-order valence-electron chi connectivity index (χ2n) is 6.96. The van der Waals surface area contributed by atoms with Crippen LogP contribution in [-0.4, -0.2) is 35.5 Å². The van der Waals surface area contributed by atoms with Crippen LogP contribution in [0.1, 0.15) is 47.3 Å². The van der Waals surface area contributed by atoms with Crippen molar-refractivity contribution < 1.29 is 9.53 Å². The normalized spacial score (nSPS) is 11.4. The third kappa shape index (κ3) is 4.32. The van der Waals surface area contributed by atoms with Crippen molar-refractivity contribution in [3.63, 3.8) is 0 Å². The van der Waals surface area contributed by atoms with E-state index in [0.717, 1.165) is 45.7 Å². The lowest BCUT2D eigenvalue weighted by molar-refractivity contribution is 0.0524. The summed E-state index contributed by atoms with van der Waals surface area (Å²) >= 11 is 7.81. The summed E-state index contributed by atoms with van der Waals surface area (Å²) in [4.78, 5) is 22.5. The van der Waals surface area contributed by atoms with Gasteiger partial charge in [-0.1, -0.05) is 37.6 Å². The Morgan fingerprint density at radius 2 is 1.79 bits per heavy atom. The number of thiophene rings is 1. The molecule has 0 bridgehead atoms. The number of benzene rings is 1. The summed E-state index contributed by atoms with van der Waals surface area (Å²) in [6, 6.07) is 7.65. The van der Waals surface area contributed by atoms with E-state index in [9.17, 15) is 4.79 Å². The quantitative estimate of drug-likeness (QED) is 0.415. The highest BCUT2D eigenvalue weighted by Crippen LogP contribution is 2.40. The number of hydrogen-bond donors (Lipinski definition) is 0. The molecule has 0 spiro atoms. The minimum Gasteiger partial charge on any atom is -0.462 e. The number of ether oxygens (including phenoxy) is 1. The van der Waals surface area contributed by atoms with E-state index in [0.29, 0.717) is 23.7 Å². The number of halogens is 1. The minimum absolute atomic E-state index is 0.322. The molecule has 4 nitrogen and oxygen atoms in total. The Balaban J connectivity index is 2.39. The Bertz CT molecular complexity index is 1020.